The molecule has 2 bridgehead atoms. The predicted molar refractivity (Wildman–Crippen MR) is 90.7 cm³/mol. The van der Waals surface area contributed by atoms with E-state index in [1.807, 2.05) is 24.4 Å². The highest BCUT2D eigenvalue weighted by atomic mass is 16.2. The quantitative estimate of drug-likeness (QED) is 0.670. The lowest BCUT2D eigenvalue weighted by Gasteiger charge is -2.62. The van der Waals surface area contributed by atoms with Gasteiger partial charge in [0, 0.05) is 36.5 Å². The van der Waals surface area contributed by atoms with E-state index in [1.165, 1.54) is 4.57 Å². The Bertz CT molecular complexity index is 1030. The van der Waals surface area contributed by atoms with Crippen molar-refractivity contribution in [3.05, 3.63) is 75.5 Å². The Kier molecular flexibility index (Phi) is 2.89. The standard InChI is InChI=1S/C18H17N5O2/c24-16-17(25)22(18-8-14(9-18)10-18)7-6-21(16)12-13-2-3-15(19-11-13)23-5-1-4-20-23/h1-7,11,14H,8-10,12H2. The van der Waals surface area contributed by atoms with Crippen molar-refractivity contribution < 1.29 is 0 Å². The third kappa shape index (κ3) is 2.12. The summed E-state index contributed by atoms with van der Waals surface area (Å²) in [6.07, 6.45) is 11.8. The molecule has 0 aromatic carbocycles. The fourth-order valence-electron chi connectivity index (χ4n) is 3.98. The first-order valence-corrected chi connectivity index (χ1v) is 8.42. The molecule has 0 N–H and O–H groups in total. The van der Waals surface area contributed by atoms with Gasteiger partial charge in [-0.25, -0.2) is 9.67 Å². The molecule has 6 rings (SSSR count). The van der Waals surface area contributed by atoms with Crippen LogP contribution in [0.15, 0.2) is 58.8 Å². The second-order valence-electron chi connectivity index (χ2n) is 7.08. The van der Waals surface area contributed by atoms with Gasteiger partial charge in [-0.1, -0.05) is 6.07 Å². The summed E-state index contributed by atoms with van der Waals surface area (Å²) in [5.74, 6) is 1.47. The second-order valence-corrected chi connectivity index (χ2v) is 7.08. The van der Waals surface area contributed by atoms with Gasteiger partial charge < -0.3 is 9.13 Å². The van der Waals surface area contributed by atoms with Crippen LogP contribution >= 0.6 is 0 Å². The molecule has 0 amide bonds. The van der Waals surface area contributed by atoms with Crippen molar-refractivity contribution >= 4 is 0 Å². The van der Waals surface area contributed by atoms with Crippen molar-refractivity contribution in [1.29, 1.82) is 0 Å². The summed E-state index contributed by atoms with van der Waals surface area (Å²) in [4.78, 5) is 29.3. The molecular weight excluding hydrogens is 318 g/mol. The summed E-state index contributed by atoms with van der Waals surface area (Å²) in [6.45, 7) is 0.330. The highest BCUT2D eigenvalue weighted by Gasteiger charge is 2.58. The molecule has 3 fully saturated rings. The minimum atomic E-state index is -0.469. The summed E-state index contributed by atoms with van der Waals surface area (Å²) in [6, 6.07) is 5.57. The summed E-state index contributed by atoms with van der Waals surface area (Å²) in [7, 11) is 0. The molecule has 126 valence electrons. The van der Waals surface area contributed by atoms with Gasteiger partial charge in [0.25, 0.3) is 0 Å². The average molecular weight is 335 g/mol. The van der Waals surface area contributed by atoms with Gasteiger partial charge in [-0.3, -0.25) is 9.59 Å². The number of rotatable bonds is 4. The lowest BCUT2D eigenvalue weighted by Crippen LogP contribution is -2.64. The third-order valence-electron chi connectivity index (χ3n) is 5.48. The normalized spacial score (nSPS) is 23.8. The third-order valence-corrected chi connectivity index (χ3v) is 5.48. The Hall–Kier alpha value is -2.96. The van der Waals surface area contributed by atoms with Gasteiger partial charge in [-0.15, -0.1) is 0 Å². The van der Waals surface area contributed by atoms with Crippen molar-refractivity contribution in [2.24, 2.45) is 5.92 Å². The molecule has 3 aliphatic rings. The summed E-state index contributed by atoms with van der Waals surface area (Å²) in [5, 5.41) is 4.13. The molecule has 3 aromatic heterocycles. The highest BCUT2D eigenvalue weighted by molar-refractivity contribution is 5.24. The van der Waals surface area contributed by atoms with E-state index >= 15 is 0 Å². The van der Waals surface area contributed by atoms with Crippen LogP contribution in [-0.4, -0.2) is 23.9 Å². The minimum Gasteiger partial charge on any atom is -0.305 e. The van der Waals surface area contributed by atoms with Gasteiger partial charge in [0.15, 0.2) is 5.82 Å². The van der Waals surface area contributed by atoms with Crippen molar-refractivity contribution in [2.75, 3.05) is 0 Å². The average Bonchev–Trinajstić information content (AvgIpc) is 3.07. The first-order chi connectivity index (χ1) is 12.1. The van der Waals surface area contributed by atoms with Gasteiger partial charge >= 0.3 is 11.1 Å². The zero-order valence-corrected chi connectivity index (χ0v) is 13.6. The highest BCUT2D eigenvalue weighted by Crippen LogP contribution is 2.61. The van der Waals surface area contributed by atoms with E-state index in [-0.39, 0.29) is 5.54 Å². The molecule has 0 saturated heterocycles. The first-order valence-electron chi connectivity index (χ1n) is 8.42. The SMILES string of the molecule is O=c1c(=O)n(C23CC(C2)C3)ccn1Cc1ccc(-n2cccn2)nc1. The maximum Gasteiger partial charge on any atom is 0.316 e. The van der Waals surface area contributed by atoms with Crippen molar-refractivity contribution in [1.82, 2.24) is 23.9 Å². The van der Waals surface area contributed by atoms with Gasteiger partial charge in [0.1, 0.15) is 0 Å². The van der Waals surface area contributed by atoms with Crippen LogP contribution in [0.3, 0.4) is 0 Å². The fraction of sp³-hybridized carbons (Fsp3) is 0.333. The molecule has 0 unspecified atom stereocenters. The van der Waals surface area contributed by atoms with Gasteiger partial charge in [0.2, 0.25) is 0 Å². The number of nitrogens with zero attached hydrogens (tertiary/aromatic N) is 5. The number of hydrogen-bond donors (Lipinski definition) is 0. The zero-order valence-electron chi connectivity index (χ0n) is 13.6. The molecule has 7 nitrogen and oxygen atoms in total. The molecule has 0 radical (unpaired) electrons. The first kappa shape index (κ1) is 14.4. The van der Waals surface area contributed by atoms with E-state index in [2.05, 4.69) is 10.1 Å². The number of aromatic nitrogens is 5. The van der Waals surface area contributed by atoms with Crippen LogP contribution in [0.25, 0.3) is 5.82 Å². The van der Waals surface area contributed by atoms with Gasteiger partial charge in [-0.05, 0) is 42.9 Å². The summed E-state index contributed by atoms with van der Waals surface area (Å²) < 4.78 is 4.78. The smallest absolute Gasteiger partial charge is 0.305 e. The molecule has 3 heterocycles. The minimum absolute atomic E-state index is 0.0625. The van der Waals surface area contributed by atoms with E-state index in [9.17, 15) is 9.59 Å². The van der Waals surface area contributed by atoms with Crippen LogP contribution < -0.4 is 11.1 Å². The Balaban J connectivity index is 1.42. The van der Waals surface area contributed by atoms with Crippen LogP contribution in [-0.2, 0) is 12.1 Å². The van der Waals surface area contributed by atoms with Gasteiger partial charge in [0.05, 0.1) is 6.54 Å². The van der Waals surface area contributed by atoms with E-state index in [0.29, 0.717) is 12.4 Å². The number of pyridine rings is 1. The van der Waals surface area contributed by atoms with Crippen molar-refractivity contribution in [3.63, 3.8) is 0 Å². The molecule has 0 aliphatic heterocycles. The molecule has 0 spiro atoms. The van der Waals surface area contributed by atoms with Crippen LogP contribution in [0.1, 0.15) is 24.8 Å². The second kappa shape index (κ2) is 5.02. The Morgan fingerprint density at radius 2 is 1.92 bits per heavy atom. The molecule has 25 heavy (non-hydrogen) atoms. The van der Waals surface area contributed by atoms with Crippen molar-refractivity contribution in [3.8, 4) is 5.82 Å². The molecule has 3 saturated carbocycles. The summed E-state index contributed by atoms with van der Waals surface area (Å²) in [5.41, 5.74) is -0.0849. The summed E-state index contributed by atoms with van der Waals surface area (Å²) >= 11 is 0. The largest absolute Gasteiger partial charge is 0.316 e. The van der Waals surface area contributed by atoms with Crippen LogP contribution in [0.4, 0.5) is 0 Å². The van der Waals surface area contributed by atoms with Crippen LogP contribution in [0.5, 0.6) is 0 Å². The monoisotopic (exact) mass is 335 g/mol. The van der Waals surface area contributed by atoms with Crippen LogP contribution in [0.2, 0.25) is 0 Å². The fourth-order valence-corrected chi connectivity index (χ4v) is 3.98. The molecule has 7 heteroatoms. The Morgan fingerprint density at radius 1 is 1.08 bits per heavy atom. The van der Waals surface area contributed by atoms with E-state index in [0.717, 1.165) is 30.7 Å². The maximum atomic E-state index is 12.5. The van der Waals surface area contributed by atoms with E-state index < -0.39 is 11.1 Å². The molecule has 3 aromatic rings. The molecule has 0 atom stereocenters. The Labute approximate surface area is 143 Å². The predicted octanol–water partition coefficient (Wildman–Crippen LogP) is 1.15. The Morgan fingerprint density at radius 3 is 2.52 bits per heavy atom. The van der Waals surface area contributed by atoms with Crippen LogP contribution in [0, 0.1) is 5.92 Å². The van der Waals surface area contributed by atoms with E-state index in [1.54, 1.807) is 34.0 Å². The molecule has 3 aliphatic carbocycles. The van der Waals surface area contributed by atoms with E-state index in [4.69, 9.17) is 0 Å². The number of hydrogen-bond acceptors (Lipinski definition) is 4. The van der Waals surface area contributed by atoms with Crippen molar-refractivity contribution in [2.45, 2.75) is 31.3 Å². The topological polar surface area (TPSA) is 74.7 Å². The zero-order chi connectivity index (χ0) is 17.0. The molecular formula is C18H17N5O2. The van der Waals surface area contributed by atoms with Gasteiger partial charge in [-0.2, -0.15) is 5.10 Å². The maximum absolute atomic E-state index is 12.5. The lowest BCUT2D eigenvalue weighted by atomic mass is 9.49. The lowest BCUT2D eigenvalue weighted by molar-refractivity contribution is -0.0919.